The molecule has 1 aromatic heterocycles. The number of hydrogen-bond acceptors (Lipinski definition) is 2. The van der Waals surface area contributed by atoms with Crippen LogP contribution in [0.15, 0.2) is 12.4 Å². The van der Waals surface area contributed by atoms with Gasteiger partial charge in [-0.05, 0) is 31.1 Å². The summed E-state index contributed by atoms with van der Waals surface area (Å²) in [7, 11) is 0. The van der Waals surface area contributed by atoms with Crippen LogP contribution in [0.5, 0.6) is 0 Å². The molecule has 2 rings (SSSR count). The van der Waals surface area contributed by atoms with Gasteiger partial charge in [0.2, 0.25) is 0 Å². The van der Waals surface area contributed by atoms with Crippen molar-refractivity contribution in [3.05, 3.63) is 18.2 Å². The van der Waals surface area contributed by atoms with E-state index in [1.165, 1.54) is 32.1 Å². The Balaban J connectivity index is 1.75. The van der Waals surface area contributed by atoms with Crippen LogP contribution in [0.1, 0.15) is 51.8 Å². The molecule has 17 heavy (non-hydrogen) atoms. The Bertz CT molecular complexity index is 305. The number of H-pyrrole nitrogens is 1. The fourth-order valence-corrected chi connectivity index (χ4v) is 2.84. The fourth-order valence-electron chi connectivity index (χ4n) is 2.84. The molecule has 0 radical (unpaired) electrons. The number of aromatic nitrogens is 2. The Kier molecular flexibility index (Phi) is 4.60. The minimum atomic E-state index is 0.684. The maximum atomic E-state index is 4.25. The van der Waals surface area contributed by atoms with Gasteiger partial charge in [-0.15, -0.1) is 0 Å². The smallest absolute Gasteiger partial charge is 0.120 e. The topological polar surface area (TPSA) is 40.7 Å². The van der Waals surface area contributed by atoms with Gasteiger partial charge in [-0.2, -0.15) is 0 Å². The first-order chi connectivity index (χ1) is 8.25. The molecule has 0 bridgehead atoms. The highest BCUT2D eigenvalue weighted by atomic mass is 15.0. The fraction of sp³-hybridized carbons (Fsp3) is 0.786. The second-order valence-corrected chi connectivity index (χ2v) is 5.63. The molecule has 0 aromatic carbocycles. The van der Waals surface area contributed by atoms with Gasteiger partial charge in [0.15, 0.2) is 0 Å². The number of rotatable bonds is 4. The Morgan fingerprint density at radius 1 is 1.35 bits per heavy atom. The van der Waals surface area contributed by atoms with Crippen LogP contribution in [0.3, 0.4) is 0 Å². The molecule has 3 nitrogen and oxygen atoms in total. The lowest BCUT2D eigenvalue weighted by Crippen LogP contribution is -2.28. The van der Waals surface area contributed by atoms with E-state index in [4.69, 9.17) is 0 Å². The second kappa shape index (κ2) is 6.20. The molecule has 1 fully saturated rings. The van der Waals surface area contributed by atoms with Crippen molar-refractivity contribution in [2.45, 2.75) is 58.5 Å². The van der Waals surface area contributed by atoms with Gasteiger partial charge in [0, 0.05) is 18.4 Å². The third kappa shape index (κ3) is 3.84. The third-order valence-corrected chi connectivity index (χ3v) is 4.07. The SMILES string of the molecule is CC(C)C1CCCC(NCc2ncc[nH]2)CC1. The van der Waals surface area contributed by atoms with Gasteiger partial charge >= 0.3 is 0 Å². The highest BCUT2D eigenvalue weighted by molar-refractivity contribution is 4.87. The van der Waals surface area contributed by atoms with Gasteiger partial charge in [-0.25, -0.2) is 4.98 Å². The zero-order valence-corrected chi connectivity index (χ0v) is 11.1. The minimum absolute atomic E-state index is 0.684. The lowest BCUT2D eigenvalue weighted by Gasteiger charge is -2.18. The summed E-state index contributed by atoms with van der Waals surface area (Å²) in [6, 6.07) is 0.684. The quantitative estimate of drug-likeness (QED) is 0.787. The summed E-state index contributed by atoms with van der Waals surface area (Å²) in [5, 5.41) is 3.63. The van der Waals surface area contributed by atoms with Crippen molar-refractivity contribution in [3.8, 4) is 0 Å². The molecule has 1 heterocycles. The molecule has 1 aliphatic rings. The average molecular weight is 235 g/mol. The Hall–Kier alpha value is -0.830. The summed E-state index contributed by atoms with van der Waals surface area (Å²) in [5.74, 6) is 2.83. The van der Waals surface area contributed by atoms with Gasteiger partial charge in [0.05, 0.1) is 6.54 Å². The van der Waals surface area contributed by atoms with E-state index < -0.39 is 0 Å². The molecular formula is C14H25N3. The molecule has 0 spiro atoms. The zero-order valence-electron chi connectivity index (χ0n) is 11.1. The summed E-state index contributed by atoms with van der Waals surface area (Å²) >= 11 is 0. The minimum Gasteiger partial charge on any atom is -0.348 e. The van der Waals surface area contributed by atoms with E-state index in [1.54, 1.807) is 0 Å². The highest BCUT2D eigenvalue weighted by Gasteiger charge is 2.20. The van der Waals surface area contributed by atoms with Gasteiger partial charge in [0.25, 0.3) is 0 Å². The first-order valence-corrected chi connectivity index (χ1v) is 6.97. The molecule has 96 valence electrons. The average Bonchev–Trinajstić information content (AvgIpc) is 2.70. The Morgan fingerprint density at radius 2 is 2.24 bits per heavy atom. The van der Waals surface area contributed by atoms with Crippen molar-refractivity contribution in [1.82, 2.24) is 15.3 Å². The van der Waals surface area contributed by atoms with Crippen molar-refractivity contribution in [2.24, 2.45) is 11.8 Å². The van der Waals surface area contributed by atoms with Crippen molar-refractivity contribution >= 4 is 0 Å². The standard InChI is InChI=1S/C14H25N3/c1-11(2)12-4-3-5-13(7-6-12)17-10-14-15-8-9-16-14/h8-9,11-13,17H,3-7,10H2,1-2H3,(H,15,16). The predicted molar refractivity (Wildman–Crippen MR) is 70.6 cm³/mol. The summed E-state index contributed by atoms with van der Waals surface area (Å²) in [6.07, 6.45) is 10.5. The van der Waals surface area contributed by atoms with Gasteiger partial charge in [-0.3, -0.25) is 0 Å². The van der Waals surface area contributed by atoms with Gasteiger partial charge in [0.1, 0.15) is 5.82 Å². The van der Waals surface area contributed by atoms with Crippen LogP contribution in [0.25, 0.3) is 0 Å². The molecule has 0 aliphatic heterocycles. The van der Waals surface area contributed by atoms with E-state index >= 15 is 0 Å². The van der Waals surface area contributed by atoms with Gasteiger partial charge in [-0.1, -0.05) is 26.7 Å². The number of imidazole rings is 1. The molecular weight excluding hydrogens is 210 g/mol. The predicted octanol–water partition coefficient (Wildman–Crippen LogP) is 3.10. The van der Waals surface area contributed by atoms with E-state index in [2.05, 4.69) is 29.1 Å². The van der Waals surface area contributed by atoms with Crippen LogP contribution < -0.4 is 5.32 Å². The first kappa shape index (κ1) is 12.6. The second-order valence-electron chi connectivity index (χ2n) is 5.63. The number of hydrogen-bond donors (Lipinski definition) is 2. The number of nitrogens with zero attached hydrogens (tertiary/aromatic N) is 1. The summed E-state index contributed by atoms with van der Waals surface area (Å²) < 4.78 is 0. The van der Waals surface area contributed by atoms with E-state index in [-0.39, 0.29) is 0 Å². The first-order valence-electron chi connectivity index (χ1n) is 6.97. The van der Waals surface area contributed by atoms with E-state index in [0.29, 0.717) is 6.04 Å². The molecule has 3 heteroatoms. The third-order valence-electron chi connectivity index (χ3n) is 4.07. The van der Waals surface area contributed by atoms with E-state index in [9.17, 15) is 0 Å². The van der Waals surface area contributed by atoms with Crippen LogP contribution in [-0.4, -0.2) is 16.0 Å². The highest BCUT2D eigenvalue weighted by Crippen LogP contribution is 2.28. The summed E-state index contributed by atoms with van der Waals surface area (Å²) in [5.41, 5.74) is 0. The lowest BCUT2D eigenvalue weighted by atomic mass is 9.89. The van der Waals surface area contributed by atoms with Crippen LogP contribution in [0.2, 0.25) is 0 Å². The maximum absolute atomic E-state index is 4.25. The largest absolute Gasteiger partial charge is 0.348 e. The molecule has 1 saturated carbocycles. The van der Waals surface area contributed by atoms with Crippen LogP contribution in [0, 0.1) is 11.8 Å². The van der Waals surface area contributed by atoms with E-state index in [1.807, 2.05) is 12.4 Å². The summed E-state index contributed by atoms with van der Waals surface area (Å²) in [4.78, 5) is 7.39. The Labute approximate surface area is 104 Å². The summed E-state index contributed by atoms with van der Waals surface area (Å²) in [6.45, 7) is 5.60. The lowest BCUT2D eigenvalue weighted by molar-refractivity contribution is 0.337. The molecule has 1 aliphatic carbocycles. The Morgan fingerprint density at radius 3 is 2.94 bits per heavy atom. The van der Waals surface area contributed by atoms with E-state index in [0.717, 1.165) is 24.2 Å². The molecule has 1 aromatic rings. The van der Waals surface area contributed by atoms with Crippen molar-refractivity contribution in [2.75, 3.05) is 0 Å². The number of nitrogens with one attached hydrogen (secondary N) is 2. The van der Waals surface area contributed by atoms with Crippen molar-refractivity contribution < 1.29 is 0 Å². The van der Waals surface area contributed by atoms with Crippen LogP contribution in [0.4, 0.5) is 0 Å². The van der Waals surface area contributed by atoms with Crippen LogP contribution >= 0.6 is 0 Å². The molecule has 2 atom stereocenters. The molecule has 2 unspecified atom stereocenters. The zero-order chi connectivity index (χ0) is 12.1. The maximum Gasteiger partial charge on any atom is 0.120 e. The normalized spacial score (nSPS) is 26.1. The molecule has 0 saturated heterocycles. The van der Waals surface area contributed by atoms with Crippen molar-refractivity contribution in [1.29, 1.82) is 0 Å². The number of aromatic amines is 1. The van der Waals surface area contributed by atoms with Crippen LogP contribution in [-0.2, 0) is 6.54 Å². The van der Waals surface area contributed by atoms with Gasteiger partial charge < -0.3 is 10.3 Å². The molecule has 2 N–H and O–H groups in total. The monoisotopic (exact) mass is 235 g/mol. The van der Waals surface area contributed by atoms with Crippen molar-refractivity contribution in [3.63, 3.8) is 0 Å². The molecule has 0 amide bonds.